The van der Waals surface area contributed by atoms with Gasteiger partial charge in [0.25, 0.3) is 5.91 Å². The Bertz CT molecular complexity index is 1570. The summed E-state index contributed by atoms with van der Waals surface area (Å²) in [6.07, 6.45) is 2.01. The van der Waals surface area contributed by atoms with Gasteiger partial charge in [0.05, 0.1) is 11.9 Å². The van der Waals surface area contributed by atoms with Gasteiger partial charge in [-0.15, -0.1) is 11.8 Å². The highest BCUT2D eigenvalue weighted by Gasteiger charge is 2.51. The van der Waals surface area contributed by atoms with Crippen molar-refractivity contribution in [3.8, 4) is 0 Å². The van der Waals surface area contributed by atoms with Crippen LogP contribution in [0.2, 0.25) is 0 Å². The van der Waals surface area contributed by atoms with Crippen molar-refractivity contribution in [2.24, 2.45) is 23.5 Å². The number of amides is 7. The van der Waals surface area contributed by atoms with E-state index in [4.69, 9.17) is 5.73 Å². The summed E-state index contributed by atoms with van der Waals surface area (Å²) >= 11 is 2.83. The minimum atomic E-state index is -1.82. The van der Waals surface area contributed by atoms with Crippen molar-refractivity contribution >= 4 is 64.9 Å². The van der Waals surface area contributed by atoms with Gasteiger partial charge in [-0.05, 0) is 62.0 Å². The lowest BCUT2D eigenvalue weighted by atomic mass is 9.93. The number of nitrogens with zero attached hydrogens (tertiary/aromatic N) is 1. The van der Waals surface area contributed by atoms with E-state index in [9.17, 15) is 38.7 Å². The molecule has 1 fully saturated rings. The Morgan fingerprint density at radius 3 is 1.83 bits per heavy atom. The molecule has 1 aliphatic heterocycles. The topological polar surface area (TPSA) is 229 Å². The van der Waals surface area contributed by atoms with Crippen LogP contribution < -0.4 is 32.3 Å². The number of hydrogen-bond acceptors (Lipinski definition) is 10. The number of aliphatic hydroxyl groups excluding tert-OH is 1. The Morgan fingerprint density at radius 2 is 1.33 bits per heavy atom. The number of benzene rings is 1. The molecule has 1 aliphatic rings. The fourth-order valence-corrected chi connectivity index (χ4v) is 8.33. The van der Waals surface area contributed by atoms with Gasteiger partial charge in [0.15, 0.2) is 6.10 Å². The Balaban J connectivity index is 2.46. The molecule has 1 aromatic rings. The molecule has 17 heteroatoms. The lowest BCUT2D eigenvalue weighted by Gasteiger charge is -2.35. The predicted octanol–water partition coefficient (Wildman–Crippen LogP) is 2.09. The summed E-state index contributed by atoms with van der Waals surface area (Å²) in [6.45, 7) is 15.9. The first-order valence-corrected chi connectivity index (χ1v) is 22.5. The molecule has 0 aliphatic carbocycles. The van der Waals surface area contributed by atoms with Crippen LogP contribution >= 0.6 is 23.5 Å². The summed E-state index contributed by atoms with van der Waals surface area (Å²) in [5, 5.41) is 25.8. The zero-order valence-corrected chi connectivity index (χ0v) is 37.4. The maximum Gasteiger partial charge on any atom is 0.254 e. The molecule has 1 saturated heterocycles. The molecule has 58 heavy (non-hydrogen) atoms. The van der Waals surface area contributed by atoms with Gasteiger partial charge in [-0.1, -0.05) is 91.1 Å². The number of carbonyl (C=O) groups excluding carboxylic acids is 7. The summed E-state index contributed by atoms with van der Waals surface area (Å²) in [5.74, 6) is -4.55. The molecule has 0 aromatic heterocycles. The fourth-order valence-electron chi connectivity index (χ4n) is 6.72. The van der Waals surface area contributed by atoms with Crippen LogP contribution in [0.4, 0.5) is 0 Å². The lowest BCUT2D eigenvalue weighted by Crippen LogP contribution is -2.63. The van der Waals surface area contributed by atoms with Crippen LogP contribution in [-0.2, 0) is 40.0 Å². The lowest BCUT2D eigenvalue weighted by molar-refractivity contribution is -0.148. The highest BCUT2D eigenvalue weighted by molar-refractivity contribution is 8.00. The van der Waals surface area contributed by atoms with Gasteiger partial charge in [-0.25, -0.2) is 0 Å². The highest BCUT2D eigenvalue weighted by atomic mass is 32.2. The van der Waals surface area contributed by atoms with E-state index in [0.717, 1.165) is 0 Å². The molecular weight excluding hydrogens is 783 g/mol. The minimum absolute atomic E-state index is 0.0388. The first-order valence-electron chi connectivity index (χ1n) is 20.2. The summed E-state index contributed by atoms with van der Waals surface area (Å²) in [6, 6.07) is 2.73. The molecule has 326 valence electrons. The van der Waals surface area contributed by atoms with Crippen molar-refractivity contribution in [2.75, 3.05) is 17.9 Å². The second-order valence-corrected chi connectivity index (χ2v) is 18.5. The molecular formula is C41H67N7O8S2. The fraction of sp³-hybridized carbons (Fsp3) is 0.683. The monoisotopic (exact) mass is 849 g/mol. The van der Waals surface area contributed by atoms with Gasteiger partial charge in [0.1, 0.15) is 30.2 Å². The standard InChI is InChI=1S/C41H67N7O8S2/c1-11-23(4)30(43-26(7)49)38(54)46-31(24(5)12-2)37(53)45-29(21-27-17-15-14-16-18-27)33(50)40(56)48-22-58-41(8,9)34(48)39(55)47-32(25(6)13-3)36(52)44-28(35(42)51)19-20-57-10/h14-18,23-25,28-34,50H,11-13,19-22H2,1-10H3,(H2,42,51)(H,43,49)(H,44,52)(H,45,53)(H,46,54)(H,47,55)/t23-,24-,25-,28-,29+,30-,31-,32-,33-,34-/m0/s1. The van der Waals surface area contributed by atoms with Crippen molar-refractivity contribution < 1.29 is 38.7 Å². The molecule has 7 amide bonds. The molecule has 0 saturated carbocycles. The number of rotatable bonds is 23. The van der Waals surface area contributed by atoms with Crippen molar-refractivity contribution in [1.82, 2.24) is 31.5 Å². The molecule has 10 atom stereocenters. The smallest absolute Gasteiger partial charge is 0.254 e. The van der Waals surface area contributed by atoms with Crippen molar-refractivity contribution in [2.45, 2.75) is 142 Å². The van der Waals surface area contributed by atoms with E-state index in [1.54, 1.807) is 52.0 Å². The van der Waals surface area contributed by atoms with Crippen LogP contribution in [0.3, 0.4) is 0 Å². The van der Waals surface area contributed by atoms with E-state index in [0.29, 0.717) is 37.0 Å². The zero-order valence-electron chi connectivity index (χ0n) is 35.8. The first kappa shape index (κ1) is 50.3. The van der Waals surface area contributed by atoms with Gasteiger partial charge < -0.3 is 42.3 Å². The molecule has 2 rings (SSSR count). The largest absolute Gasteiger partial charge is 0.381 e. The van der Waals surface area contributed by atoms with E-state index in [1.807, 2.05) is 40.0 Å². The van der Waals surface area contributed by atoms with Crippen LogP contribution in [0.15, 0.2) is 30.3 Å². The van der Waals surface area contributed by atoms with Crippen molar-refractivity contribution in [3.63, 3.8) is 0 Å². The van der Waals surface area contributed by atoms with Gasteiger partial charge in [-0.2, -0.15) is 11.8 Å². The second-order valence-electron chi connectivity index (χ2n) is 15.9. The maximum atomic E-state index is 14.4. The molecule has 0 spiro atoms. The summed E-state index contributed by atoms with van der Waals surface area (Å²) in [5.41, 5.74) is 6.29. The van der Waals surface area contributed by atoms with Gasteiger partial charge in [-0.3, -0.25) is 33.6 Å². The summed E-state index contributed by atoms with van der Waals surface area (Å²) in [7, 11) is 0. The number of carbonyl (C=O) groups is 7. The molecule has 8 N–H and O–H groups in total. The summed E-state index contributed by atoms with van der Waals surface area (Å²) < 4.78 is -0.853. The first-order chi connectivity index (χ1) is 27.2. The van der Waals surface area contributed by atoms with Crippen LogP contribution in [0, 0.1) is 17.8 Å². The molecule has 15 nitrogen and oxygen atoms in total. The van der Waals surface area contributed by atoms with E-state index < -0.39 is 82.5 Å². The average molecular weight is 850 g/mol. The Morgan fingerprint density at radius 1 is 0.828 bits per heavy atom. The Labute approximate surface area is 352 Å². The number of thioether (sulfide) groups is 2. The van der Waals surface area contributed by atoms with E-state index in [1.165, 1.54) is 35.3 Å². The van der Waals surface area contributed by atoms with Crippen molar-refractivity contribution in [3.05, 3.63) is 35.9 Å². The zero-order chi connectivity index (χ0) is 43.9. The third-order valence-electron chi connectivity index (χ3n) is 11.0. The highest BCUT2D eigenvalue weighted by Crippen LogP contribution is 2.40. The maximum absolute atomic E-state index is 14.4. The van der Waals surface area contributed by atoms with E-state index in [2.05, 4.69) is 26.6 Å². The average Bonchev–Trinajstić information content (AvgIpc) is 3.52. The number of nitrogens with one attached hydrogen (secondary N) is 5. The van der Waals surface area contributed by atoms with Gasteiger partial charge in [0.2, 0.25) is 35.4 Å². The predicted molar refractivity (Wildman–Crippen MR) is 229 cm³/mol. The number of nitrogens with two attached hydrogens (primary N) is 1. The van der Waals surface area contributed by atoms with E-state index in [-0.39, 0.29) is 36.0 Å². The number of hydrogen-bond donors (Lipinski definition) is 7. The van der Waals surface area contributed by atoms with E-state index >= 15 is 0 Å². The molecule has 0 unspecified atom stereocenters. The molecule has 0 bridgehead atoms. The second kappa shape index (κ2) is 23.7. The van der Waals surface area contributed by atoms with Crippen LogP contribution in [-0.4, -0.2) is 116 Å². The molecule has 0 radical (unpaired) electrons. The minimum Gasteiger partial charge on any atom is -0.381 e. The van der Waals surface area contributed by atoms with Crippen molar-refractivity contribution in [1.29, 1.82) is 0 Å². The van der Waals surface area contributed by atoms with Crippen LogP contribution in [0.25, 0.3) is 0 Å². The summed E-state index contributed by atoms with van der Waals surface area (Å²) in [4.78, 5) is 95.4. The quantitative estimate of drug-likeness (QED) is 0.0849. The SMILES string of the molecule is CC[C@H](C)[C@H](NC(C)=O)C(=O)N[C@H](C(=O)N[C@H](Cc1ccccc1)[C@H](O)C(=O)N1CSC(C)(C)[C@@H]1C(=O)N[C@H](C(=O)N[C@@H](CCSC)C(N)=O)[C@@H](C)CC)[C@@H](C)CC. The Hall–Kier alpha value is -3.83. The van der Waals surface area contributed by atoms with Gasteiger partial charge in [0, 0.05) is 11.7 Å². The third-order valence-corrected chi connectivity index (χ3v) is 13.1. The molecule has 1 heterocycles. The Kier molecular flexibility index (Phi) is 20.5. The normalized spacial score (nSPS) is 19.5. The van der Waals surface area contributed by atoms with Crippen LogP contribution in [0.1, 0.15) is 93.6 Å². The third kappa shape index (κ3) is 14.2. The molecule has 1 aromatic carbocycles. The number of aliphatic hydroxyl groups is 1. The van der Waals surface area contributed by atoms with Gasteiger partial charge >= 0.3 is 0 Å². The van der Waals surface area contributed by atoms with Crippen LogP contribution in [0.5, 0.6) is 0 Å². The number of primary amides is 1.